The number of rotatable bonds is 4. The molecule has 0 radical (unpaired) electrons. The summed E-state index contributed by atoms with van der Waals surface area (Å²) in [5, 5.41) is 12.4. The Labute approximate surface area is 167 Å². The fourth-order valence-corrected chi connectivity index (χ4v) is 4.29. The van der Waals surface area contributed by atoms with Gasteiger partial charge in [-0.05, 0) is 52.2 Å². The van der Waals surface area contributed by atoms with Crippen LogP contribution in [0.4, 0.5) is 5.13 Å². The van der Waals surface area contributed by atoms with Crippen molar-refractivity contribution in [1.82, 2.24) is 4.98 Å². The van der Waals surface area contributed by atoms with Crippen LogP contribution in [0.5, 0.6) is 5.75 Å². The molecule has 2 heterocycles. The number of ether oxygens (including phenoxy) is 1. The van der Waals surface area contributed by atoms with Gasteiger partial charge < -0.3 is 4.74 Å². The third-order valence-electron chi connectivity index (χ3n) is 5.11. The first-order valence-electron chi connectivity index (χ1n) is 9.21. The number of hydrogen-bond donors (Lipinski definition) is 0. The highest BCUT2D eigenvalue weighted by Gasteiger charge is 2.31. The second-order valence-corrected chi connectivity index (χ2v) is 7.63. The zero-order chi connectivity index (χ0) is 18.9. The van der Waals surface area contributed by atoms with Crippen LogP contribution in [-0.2, 0) is 0 Å². The Kier molecular flexibility index (Phi) is 4.29. The van der Waals surface area contributed by atoms with E-state index >= 15 is 0 Å². The highest BCUT2D eigenvalue weighted by molar-refractivity contribution is 7.13. The first-order chi connectivity index (χ1) is 13.8. The van der Waals surface area contributed by atoms with Gasteiger partial charge in [-0.15, -0.1) is 11.3 Å². The lowest BCUT2D eigenvalue weighted by molar-refractivity contribution is 0.415. The van der Waals surface area contributed by atoms with E-state index in [9.17, 15) is 0 Å². The van der Waals surface area contributed by atoms with Gasteiger partial charge in [0.2, 0.25) is 5.13 Å². The van der Waals surface area contributed by atoms with Gasteiger partial charge in [0.25, 0.3) is 0 Å². The highest BCUT2D eigenvalue weighted by Crippen LogP contribution is 2.38. The van der Waals surface area contributed by atoms with Crippen LogP contribution >= 0.6 is 11.3 Å². The van der Waals surface area contributed by atoms with Gasteiger partial charge in [-0.3, -0.25) is 0 Å². The first-order valence-corrected chi connectivity index (χ1v) is 10.1. The molecule has 0 bridgehead atoms. The van der Waals surface area contributed by atoms with Crippen molar-refractivity contribution in [2.24, 2.45) is 5.10 Å². The zero-order valence-corrected chi connectivity index (χ0v) is 16.3. The Hall–Kier alpha value is -3.18. The van der Waals surface area contributed by atoms with E-state index in [4.69, 9.17) is 9.84 Å². The van der Waals surface area contributed by atoms with Gasteiger partial charge in [0.15, 0.2) is 0 Å². The van der Waals surface area contributed by atoms with E-state index in [-0.39, 0.29) is 6.04 Å². The molecule has 0 saturated heterocycles. The molecule has 1 aliphatic rings. The zero-order valence-electron chi connectivity index (χ0n) is 15.4. The lowest BCUT2D eigenvalue weighted by Crippen LogP contribution is -2.18. The summed E-state index contributed by atoms with van der Waals surface area (Å²) < 4.78 is 5.28. The van der Waals surface area contributed by atoms with Crippen LogP contribution < -0.4 is 9.75 Å². The van der Waals surface area contributed by atoms with Crippen LogP contribution in [0.3, 0.4) is 0 Å². The third-order valence-corrected chi connectivity index (χ3v) is 5.87. The van der Waals surface area contributed by atoms with Crippen molar-refractivity contribution in [2.45, 2.75) is 12.5 Å². The van der Waals surface area contributed by atoms with E-state index in [1.165, 1.54) is 16.3 Å². The fourth-order valence-electron chi connectivity index (χ4n) is 3.65. The molecule has 1 atom stereocenters. The van der Waals surface area contributed by atoms with Gasteiger partial charge in [-0.1, -0.05) is 36.4 Å². The monoisotopic (exact) mass is 385 g/mol. The topological polar surface area (TPSA) is 37.7 Å². The Morgan fingerprint density at radius 3 is 2.57 bits per heavy atom. The second-order valence-electron chi connectivity index (χ2n) is 6.76. The Balaban J connectivity index is 1.54. The van der Waals surface area contributed by atoms with Crippen molar-refractivity contribution < 1.29 is 4.74 Å². The van der Waals surface area contributed by atoms with Gasteiger partial charge in [0.1, 0.15) is 5.75 Å². The Bertz CT molecular complexity index is 1140. The number of hydrogen-bond acceptors (Lipinski definition) is 5. The predicted molar refractivity (Wildman–Crippen MR) is 115 cm³/mol. The van der Waals surface area contributed by atoms with Gasteiger partial charge >= 0.3 is 0 Å². The molecule has 28 heavy (non-hydrogen) atoms. The van der Waals surface area contributed by atoms with Crippen LogP contribution in [0.15, 0.2) is 83.4 Å². The minimum Gasteiger partial charge on any atom is -0.497 e. The summed E-state index contributed by atoms with van der Waals surface area (Å²) in [4.78, 5) is 4.51. The molecule has 0 aliphatic carbocycles. The molecular weight excluding hydrogens is 366 g/mol. The number of hydrazone groups is 1. The van der Waals surface area contributed by atoms with E-state index in [0.29, 0.717) is 0 Å². The molecule has 4 nitrogen and oxygen atoms in total. The van der Waals surface area contributed by atoms with Crippen LogP contribution in [0.2, 0.25) is 0 Å². The smallest absolute Gasteiger partial charge is 0.206 e. The molecule has 5 rings (SSSR count). The summed E-state index contributed by atoms with van der Waals surface area (Å²) in [6, 6.07) is 23.4. The molecular formula is C23H19N3OS. The third kappa shape index (κ3) is 3.04. The summed E-state index contributed by atoms with van der Waals surface area (Å²) >= 11 is 1.61. The van der Waals surface area contributed by atoms with E-state index < -0.39 is 0 Å². The van der Waals surface area contributed by atoms with E-state index in [0.717, 1.165) is 28.6 Å². The second kappa shape index (κ2) is 7.09. The molecule has 1 aliphatic heterocycles. The van der Waals surface area contributed by atoms with Crippen LogP contribution in [0.25, 0.3) is 10.8 Å². The molecule has 0 spiro atoms. The van der Waals surface area contributed by atoms with E-state index in [1.807, 2.05) is 23.7 Å². The summed E-state index contributed by atoms with van der Waals surface area (Å²) in [6.07, 6.45) is 2.67. The summed E-state index contributed by atoms with van der Waals surface area (Å²) in [7, 11) is 1.68. The fraction of sp³-hybridized carbons (Fsp3) is 0.130. The summed E-state index contributed by atoms with van der Waals surface area (Å²) in [5.41, 5.74) is 3.43. The Morgan fingerprint density at radius 1 is 1.00 bits per heavy atom. The minimum absolute atomic E-state index is 0.132. The van der Waals surface area contributed by atoms with Crippen molar-refractivity contribution in [3.63, 3.8) is 0 Å². The number of thiazole rings is 1. The minimum atomic E-state index is 0.132. The summed E-state index contributed by atoms with van der Waals surface area (Å²) in [6.45, 7) is 0. The number of nitrogens with zero attached hydrogens (tertiary/aromatic N) is 3. The van der Waals surface area contributed by atoms with Crippen molar-refractivity contribution >= 4 is 33.0 Å². The first kappa shape index (κ1) is 17.0. The molecule has 138 valence electrons. The number of anilines is 1. The van der Waals surface area contributed by atoms with Crippen molar-refractivity contribution in [1.29, 1.82) is 0 Å². The molecule has 0 saturated carbocycles. The number of methoxy groups -OCH3 is 1. The molecule has 0 N–H and O–H groups in total. The molecule has 4 aromatic rings. The molecule has 5 heteroatoms. The van der Waals surface area contributed by atoms with Gasteiger partial charge in [-0.2, -0.15) is 5.10 Å². The van der Waals surface area contributed by atoms with Crippen LogP contribution in [-0.4, -0.2) is 17.8 Å². The predicted octanol–water partition coefficient (Wildman–Crippen LogP) is 5.66. The number of fused-ring (bicyclic) bond motifs is 1. The van der Waals surface area contributed by atoms with E-state index in [2.05, 4.69) is 64.6 Å². The maximum Gasteiger partial charge on any atom is 0.206 e. The lowest BCUT2D eigenvalue weighted by atomic mass is 9.96. The average Bonchev–Trinajstić information content (AvgIpc) is 3.43. The molecule has 0 fully saturated rings. The average molecular weight is 385 g/mol. The SMILES string of the molecule is COc1ccc(C2=NN(c3nccs3)C(c3ccc4ccccc4c3)C2)cc1. The summed E-state index contributed by atoms with van der Waals surface area (Å²) in [5.74, 6) is 0.852. The van der Waals surface area contributed by atoms with Gasteiger partial charge in [0, 0.05) is 18.0 Å². The normalized spacial score (nSPS) is 16.4. The maximum absolute atomic E-state index is 5.28. The van der Waals surface area contributed by atoms with Crippen molar-refractivity contribution in [3.8, 4) is 5.75 Å². The maximum atomic E-state index is 5.28. The molecule has 3 aromatic carbocycles. The van der Waals surface area contributed by atoms with Crippen LogP contribution in [0, 0.1) is 0 Å². The standard InChI is InChI=1S/C23H19N3OS/c1-27-20-10-8-17(9-11-20)21-15-22(26(25-21)23-24-12-13-28-23)19-7-6-16-4-2-3-5-18(16)14-19/h2-14,22H,15H2,1H3. The van der Waals surface area contributed by atoms with E-state index in [1.54, 1.807) is 18.4 Å². The molecule has 1 unspecified atom stereocenters. The van der Waals surface area contributed by atoms with Gasteiger partial charge in [0.05, 0.1) is 18.9 Å². The lowest BCUT2D eigenvalue weighted by Gasteiger charge is -2.21. The van der Waals surface area contributed by atoms with Crippen molar-refractivity contribution in [2.75, 3.05) is 12.1 Å². The largest absolute Gasteiger partial charge is 0.497 e. The van der Waals surface area contributed by atoms with Crippen LogP contribution in [0.1, 0.15) is 23.6 Å². The molecule has 0 amide bonds. The quantitative estimate of drug-likeness (QED) is 0.455. The molecule has 1 aromatic heterocycles. The highest BCUT2D eigenvalue weighted by atomic mass is 32.1. The van der Waals surface area contributed by atoms with Crippen molar-refractivity contribution in [3.05, 3.63) is 89.4 Å². The number of benzene rings is 3. The number of aromatic nitrogens is 1. The van der Waals surface area contributed by atoms with Gasteiger partial charge in [-0.25, -0.2) is 9.99 Å². The Morgan fingerprint density at radius 2 is 1.82 bits per heavy atom.